The Bertz CT molecular complexity index is 1280. The third-order valence-corrected chi connectivity index (χ3v) is 8.83. The largest absolute Gasteiger partial charge is 0.592 e. The van der Waals surface area contributed by atoms with E-state index < -0.39 is 45.8 Å². The van der Waals surface area contributed by atoms with Gasteiger partial charge in [-0.25, -0.2) is 18.2 Å². The van der Waals surface area contributed by atoms with Gasteiger partial charge in [0.2, 0.25) is 0 Å². The first-order valence-electron chi connectivity index (χ1n) is 12.0. The van der Waals surface area contributed by atoms with Gasteiger partial charge in [0.15, 0.2) is 23.2 Å². The second kappa shape index (κ2) is 12.3. The van der Waals surface area contributed by atoms with Crippen molar-refractivity contribution in [3.8, 4) is 0 Å². The van der Waals surface area contributed by atoms with Gasteiger partial charge >= 0.3 is 0 Å². The molecule has 1 fully saturated rings. The molecule has 1 unspecified atom stereocenters. The number of anilines is 2. The van der Waals surface area contributed by atoms with Crippen LogP contribution in [0.1, 0.15) is 42.6 Å². The van der Waals surface area contributed by atoms with E-state index in [4.69, 9.17) is 4.74 Å². The fourth-order valence-corrected chi connectivity index (χ4v) is 6.23. The molecule has 0 radical (unpaired) electrons. The second-order valence-corrected chi connectivity index (χ2v) is 11.0. The van der Waals surface area contributed by atoms with Crippen LogP contribution in [0.25, 0.3) is 11.0 Å². The summed E-state index contributed by atoms with van der Waals surface area (Å²) < 4.78 is 64.5. The predicted molar refractivity (Wildman–Crippen MR) is 141 cm³/mol. The van der Waals surface area contributed by atoms with Crippen molar-refractivity contribution in [2.45, 2.75) is 26.7 Å². The third kappa shape index (κ3) is 5.97. The maximum Gasteiger partial charge on any atom is 0.199 e. The number of morpholine rings is 1. The fourth-order valence-electron chi connectivity index (χ4n) is 3.82. The number of aromatic nitrogens is 2. The van der Waals surface area contributed by atoms with E-state index in [0.29, 0.717) is 67.8 Å². The van der Waals surface area contributed by atoms with Crippen molar-refractivity contribution in [2.75, 3.05) is 46.4 Å². The lowest BCUT2D eigenvalue weighted by molar-refractivity contribution is 0.103. The molecule has 0 spiro atoms. The Morgan fingerprint density at radius 2 is 1.89 bits per heavy atom. The van der Waals surface area contributed by atoms with Crippen LogP contribution in [0.15, 0.2) is 30.5 Å². The van der Waals surface area contributed by atoms with Crippen LogP contribution in [0.4, 0.5) is 24.7 Å². The minimum Gasteiger partial charge on any atom is -0.592 e. The van der Waals surface area contributed by atoms with E-state index in [0.717, 1.165) is 15.7 Å². The van der Waals surface area contributed by atoms with Crippen LogP contribution < -0.4 is 8.61 Å². The highest BCUT2D eigenvalue weighted by Crippen LogP contribution is 2.35. The van der Waals surface area contributed by atoms with Crippen LogP contribution in [0, 0.1) is 17.5 Å². The van der Waals surface area contributed by atoms with Crippen molar-refractivity contribution in [2.24, 2.45) is 0 Å². The summed E-state index contributed by atoms with van der Waals surface area (Å²) in [5.74, 6) is -4.03. The number of rotatable bonds is 10. The highest BCUT2D eigenvalue weighted by atomic mass is 32.3. The summed E-state index contributed by atoms with van der Waals surface area (Å²) in [6.07, 6.45) is 2.84. The summed E-state index contributed by atoms with van der Waals surface area (Å²) in [4.78, 5) is 24.3. The zero-order chi connectivity index (χ0) is 26.5. The van der Waals surface area contributed by atoms with Gasteiger partial charge in [-0.2, -0.15) is 0 Å². The second-order valence-electron chi connectivity index (χ2n) is 8.36. The zero-order valence-corrected chi connectivity index (χ0v) is 22.1. The smallest absolute Gasteiger partial charge is 0.199 e. The molecular formula is C25H27F3N4O3S2. The van der Waals surface area contributed by atoms with Crippen LogP contribution in [-0.4, -0.2) is 58.1 Å². The summed E-state index contributed by atoms with van der Waals surface area (Å²) in [6.45, 7) is 6.06. The number of hydrogen-bond acceptors (Lipinski definition) is 8. The van der Waals surface area contributed by atoms with E-state index in [2.05, 4.69) is 9.97 Å². The molecule has 0 aliphatic carbocycles. The molecule has 2 aromatic carbocycles. The van der Waals surface area contributed by atoms with Crippen molar-refractivity contribution in [1.82, 2.24) is 9.97 Å². The van der Waals surface area contributed by atoms with Crippen molar-refractivity contribution in [3.63, 3.8) is 0 Å². The van der Waals surface area contributed by atoms with Gasteiger partial charge in [-0.05, 0) is 31.0 Å². The summed E-state index contributed by atoms with van der Waals surface area (Å²) in [6, 6.07) is 4.93. The van der Waals surface area contributed by atoms with E-state index in [1.54, 1.807) is 6.20 Å². The lowest BCUT2D eigenvalue weighted by Crippen LogP contribution is -2.36. The van der Waals surface area contributed by atoms with Crippen molar-refractivity contribution < 1.29 is 27.3 Å². The molecule has 37 heavy (non-hydrogen) atoms. The molecule has 0 amide bonds. The Morgan fingerprint density at radius 3 is 2.59 bits per heavy atom. The molecule has 0 N–H and O–H groups in total. The summed E-state index contributed by atoms with van der Waals surface area (Å²) in [7, 11) is 0. The topological polar surface area (TPSA) is 81.6 Å². The molecule has 1 saturated heterocycles. The highest BCUT2D eigenvalue weighted by molar-refractivity contribution is 8.14. The predicted octanol–water partition coefficient (Wildman–Crippen LogP) is 5.05. The van der Waals surface area contributed by atoms with E-state index in [1.165, 1.54) is 18.2 Å². The lowest BCUT2D eigenvalue weighted by atomic mass is 10.0. The standard InChI is InChI=1S/C25H27F3N4O3S2/c1-3-11-36-32(37(34)12-4-2)20-14-17(26)23(27)22(24(20)28)25(33)16-5-6-18-19(13-16)30-21(15-29-18)31-7-9-35-10-8-31/h5-6,13-15H,3-4,7-12H2,1-2H3. The van der Waals surface area contributed by atoms with E-state index in [-0.39, 0.29) is 11.3 Å². The minimum absolute atomic E-state index is 0.0716. The minimum atomic E-state index is -1.70. The molecule has 1 aliphatic rings. The first-order chi connectivity index (χ1) is 17.8. The Kier molecular flexibility index (Phi) is 9.17. The average molecular weight is 553 g/mol. The van der Waals surface area contributed by atoms with E-state index >= 15 is 4.39 Å². The SMILES string of the molecule is CCCSN(c1cc(F)c(F)c(C(=O)c2ccc3ncc(N4CCOCC4)nc3c2)c1F)[S+]([O-])CCC. The Labute approximate surface area is 220 Å². The molecule has 4 rings (SSSR count). The van der Waals surface area contributed by atoms with Crippen LogP contribution in [0.2, 0.25) is 0 Å². The zero-order valence-electron chi connectivity index (χ0n) is 20.5. The van der Waals surface area contributed by atoms with Crippen molar-refractivity contribution >= 4 is 51.6 Å². The van der Waals surface area contributed by atoms with Gasteiger partial charge < -0.3 is 14.2 Å². The van der Waals surface area contributed by atoms with Crippen LogP contribution in [0.3, 0.4) is 0 Å². The molecule has 0 saturated carbocycles. The molecule has 3 aromatic rings. The highest BCUT2D eigenvalue weighted by Gasteiger charge is 2.32. The van der Waals surface area contributed by atoms with Crippen LogP contribution in [-0.2, 0) is 16.1 Å². The normalized spacial score (nSPS) is 14.7. The molecule has 1 aromatic heterocycles. The first kappa shape index (κ1) is 27.5. The van der Waals surface area contributed by atoms with Crippen molar-refractivity contribution in [1.29, 1.82) is 0 Å². The lowest BCUT2D eigenvalue weighted by Gasteiger charge is -2.27. The number of carbonyl (C=O) groups excluding carboxylic acids is 1. The van der Waals surface area contributed by atoms with Gasteiger partial charge in [-0.3, -0.25) is 9.78 Å². The molecule has 12 heteroatoms. The molecule has 1 aliphatic heterocycles. The van der Waals surface area contributed by atoms with Crippen LogP contribution in [0.5, 0.6) is 0 Å². The summed E-state index contributed by atoms with van der Waals surface area (Å²) >= 11 is -0.656. The molecular weight excluding hydrogens is 525 g/mol. The van der Waals surface area contributed by atoms with Gasteiger partial charge in [-0.15, -0.1) is 3.71 Å². The Balaban J connectivity index is 1.74. The molecule has 198 valence electrons. The molecule has 0 bridgehead atoms. The van der Waals surface area contributed by atoms with E-state index in [9.17, 15) is 18.1 Å². The summed E-state index contributed by atoms with van der Waals surface area (Å²) in [5.41, 5.74) is -0.689. The number of benzene rings is 2. The Hall–Kier alpha value is -2.54. The first-order valence-corrected chi connectivity index (χ1v) is 14.2. The maximum atomic E-state index is 15.7. The molecule has 1 atom stereocenters. The fraction of sp³-hybridized carbons (Fsp3) is 0.400. The number of hydrogen-bond donors (Lipinski definition) is 0. The monoisotopic (exact) mass is 552 g/mol. The Morgan fingerprint density at radius 1 is 1.14 bits per heavy atom. The number of halogens is 3. The van der Waals surface area contributed by atoms with E-state index in [1.807, 2.05) is 18.7 Å². The summed E-state index contributed by atoms with van der Waals surface area (Å²) in [5, 5.41) is 0. The van der Waals surface area contributed by atoms with Gasteiger partial charge in [0.1, 0.15) is 17.3 Å². The number of nitrogens with zero attached hydrogens (tertiary/aromatic N) is 4. The van der Waals surface area contributed by atoms with Crippen LogP contribution >= 0.6 is 11.9 Å². The number of ether oxygens (including phenoxy) is 1. The molecule has 7 nitrogen and oxygen atoms in total. The maximum absolute atomic E-state index is 15.7. The quantitative estimate of drug-likeness (QED) is 0.150. The van der Waals surface area contributed by atoms with Crippen molar-refractivity contribution in [3.05, 3.63) is 59.0 Å². The number of ketones is 1. The van der Waals surface area contributed by atoms with Gasteiger partial charge in [0, 0.05) is 42.4 Å². The van der Waals surface area contributed by atoms with Gasteiger partial charge in [0.05, 0.1) is 47.4 Å². The number of fused-ring (bicyclic) bond motifs is 1. The molecule has 2 heterocycles. The number of carbonyl (C=O) groups is 1. The average Bonchev–Trinajstić information content (AvgIpc) is 2.91. The third-order valence-electron chi connectivity index (χ3n) is 5.66. The van der Waals surface area contributed by atoms with Gasteiger partial charge in [0.25, 0.3) is 0 Å². The van der Waals surface area contributed by atoms with Gasteiger partial charge in [-0.1, -0.05) is 13.8 Å².